The van der Waals surface area contributed by atoms with Crippen LogP contribution in [-0.4, -0.2) is 49.1 Å². The van der Waals surface area contributed by atoms with E-state index in [4.69, 9.17) is 4.74 Å². The molecule has 28 heavy (non-hydrogen) atoms. The van der Waals surface area contributed by atoms with E-state index in [1.165, 1.54) is 11.1 Å². The first-order chi connectivity index (χ1) is 13.3. The molecule has 2 aromatic rings. The van der Waals surface area contributed by atoms with E-state index < -0.39 is 15.7 Å². The molecule has 1 aromatic carbocycles. The lowest BCUT2D eigenvalue weighted by atomic mass is 9.89. The Morgan fingerprint density at radius 2 is 2.04 bits per heavy atom. The van der Waals surface area contributed by atoms with Gasteiger partial charge in [-0.2, -0.15) is 5.06 Å². The van der Waals surface area contributed by atoms with Crippen molar-refractivity contribution in [2.45, 2.75) is 31.1 Å². The van der Waals surface area contributed by atoms with E-state index in [1.807, 2.05) is 6.07 Å². The van der Waals surface area contributed by atoms with Crippen molar-refractivity contribution in [3.05, 3.63) is 47.4 Å². The number of halogens is 1. The summed E-state index contributed by atoms with van der Waals surface area (Å²) in [7, 11) is -3.22. The van der Waals surface area contributed by atoms with Crippen molar-refractivity contribution >= 4 is 9.84 Å². The second kappa shape index (κ2) is 7.42. The lowest BCUT2D eigenvalue weighted by Crippen LogP contribution is -2.37. The van der Waals surface area contributed by atoms with Crippen molar-refractivity contribution in [3.8, 4) is 17.0 Å². The Labute approximate surface area is 163 Å². The Balaban J connectivity index is 1.52. The molecule has 150 valence electrons. The molecule has 1 atom stereocenters. The van der Waals surface area contributed by atoms with E-state index in [1.54, 1.807) is 18.3 Å². The number of benzene rings is 1. The van der Waals surface area contributed by atoms with Gasteiger partial charge < -0.3 is 9.94 Å². The summed E-state index contributed by atoms with van der Waals surface area (Å²) >= 11 is 0. The molecule has 0 amide bonds. The van der Waals surface area contributed by atoms with E-state index in [9.17, 15) is 18.0 Å². The number of rotatable bonds is 4. The fraction of sp³-hybridized carbons (Fsp3) is 0.450. The van der Waals surface area contributed by atoms with Crippen LogP contribution in [0.4, 0.5) is 4.39 Å². The van der Waals surface area contributed by atoms with E-state index in [2.05, 4.69) is 4.98 Å². The molecule has 0 saturated carbocycles. The smallest absolute Gasteiger partial charge is 0.151 e. The highest BCUT2D eigenvalue weighted by atomic mass is 32.2. The van der Waals surface area contributed by atoms with E-state index >= 15 is 0 Å². The van der Waals surface area contributed by atoms with Gasteiger partial charge in [-0.05, 0) is 42.5 Å². The lowest BCUT2D eigenvalue weighted by molar-refractivity contribution is -0.118. The molecule has 8 heteroatoms. The number of hydrogen-bond donors (Lipinski definition) is 1. The molecule has 1 saturated heterocycles. The van der Waals surface area contributed by atoms with Crippen LogP contribution in [0.5, 0.6) is 5.75 Å². The summed E-state index contributed by atoms with van der Waals surface area (Å²) < 4.78 is 43.4. The molecule has 4 rings (SSSR count). The molecular weight excluding hydrogens is 383 g/mol. The minimum absolute atomic E-state index is 0.0581. The first-order valence-electron chi connectivity index (χ1n) is 9.34. The van der Waals surface area contributed by atoms with Crippen molar-refractivity contribution in [2.24, 2.45) is 5.92 Å². The Kier molecular flexibility index (Phi) is 5.11. The van der Waals surface area contributed by atoms with E-state index in [0.29, 0.717) is 35.8 Å². The minimum atomic E-state index is -3.22. The largest absolute Gasteiger partial charge is 0.488 e. The van der Waals surface area contributed by atoms with Gasteiger partial charge in [-0.15, -0.1) is 0 Å². The van der Waals surface area contributed by atoms with Crippen LogP contribution in [0.1, 0.15) is 24.0 Å². The normalized spacial score (nSPS) is 20.8. The zero-order chi connectivity index (χ0) is 19.9. The van der Waals surface area contributed by atoms with Gasteiger partial charge in [0.2, 0.25) is 0 Å². The fourth-order valence-corrected chi connectivity index (χ4v) is 4.78. The number of hydroxylamine groups is 2. The number of hydrogen-bond acceptors (Lipinski definition) is 6. The number of sulfone groups is 1. The quantitative estimate of drug-likeness (QED) is 0.841. The van der Waals surface area contributed by atoms with Gasteiger partial charge in [0.1, 0.15) is 17.7 Å². The van der Waals surface area contributed by atoms with Crippen molar-refractivity contribution in [2.75, 3.05) is 19.3 Å². The molecule has 0 bridgehead atoms. The van der Waals surface area contributed by atoms with Gasteiger partial charge in [-0.3, -0.25) is 4.98 Å². The molecule has 1 aromatic heterocycles. The molecule has 2 aliphatic rings. The third kappa shape index (κ3) is 4.19. The maximum absolute atomic E-state index is 14.6. The number of fused-ring (bicyclic) bond motifs is 1. The average molecular weight is 406 g/mol. The zero-order valence-electron chi connectivity index (χ0n) is 15.6. The first kappa shape index (κ1) is 19.3. The van der Waals surface area contributed by atoms with Gasteiger partial charge in [-0.1, -0.05) is 6.07 Å². The molecule has 3 heterocycles. The summed E-state index contributed by atoms with van der Waals surface area (Å²) in [5.41, 5.74) is 2.28. The number of nitrogens with zero attached hydrogens (tertiary/aromatic N) is 2. The number of ether oxygens (including phenoxy) is 1. The van der Waals surface area contributed by atoms with Crippen LogP contribution in [0.3, 0.4) is 0 Å². The monoisotopic (exact) mass is 406 g/mol. The number of piperidine rings is 1. The molecule has 0 radical (unpaired) electrons. The van der Waals surface area contributed by atoms with Crippen molar-refractivity contribution in [1.29, 1.82) is 0 Å². The summed E-state index contributed by atoms with van der Waals surface area (Å²) in [6, 6.07) is 6.31. The molecule has 1 fully saturated rings. The Morgan fingerprint density at radius 1 is 1.29 bits per heavy atom. The molecule has 2 aliphatic heterocycles. The highest BCUT2D eigenvalue weighted by Gasteiger charge is 2.33. The van der Waals surface area contributed by atoms with E-state index in [0.717, 1.165) is 36.8 Å². The summed E-state index contributed by atoms with van der Waals surface area (Å²) in [5, 5.41) is 10.9. The second-order valence-corrected chi connectivity index (χ2v) is 9.85. The Bertz CT molecular complexity index is 988. The molecular formula is C20H23FN2O4S. The molecule has 6 nitrogen and oxygen atoms in total. The van der Waals surface area contributed by atoms with Crippen LogP contribution in [-0.2, 0) is 22.0 Å². The average Bonchev–Trinajstić information content (AvgIpc) is 3.04. The highest BCUT2D eigenvalue weighted by Crippen LogP contribution is 2.36. The summed E-state index contributed by atoms with van der Waals surface area (Å²) in [4.78, 5) is 4.35. The predicted molar refractivity (Wildman–Crippen MR) is 102 cm³/mol. The van der Waals surface area contributed by atoms with Gasteiger partial charge in [0.15, 0.2) is 9.84 Å². The number of aromatic nitrogens is 1. The first-order valence-corrected chi connectivity index (χ1v) is 11.4. The van der Waals surface area contributed by atoms with Crippen molar-refractivity contribution in [1.82, 2.24) is 10.0 Å². The third-order valence-corrected chi connectivity index (χ3v) is 6.29. The van der Waals surface area contributed by atoms with Gasteiger partial charge >= 0.3 is 0 Å². The van der Waals surface area contributed by atoms with E-state index in [-0.39, 0.29) is 11.9 Å². The van der Waals surface area contributed by atoms with Crippen LogP contribution in [0, 0.1) is 11.7 Å². The Hall–Kier alpha value is -2.03. The van der Waals surface area contributed by atoms with Gasteiger partial charge in [-0.25, -0.2) is 12.8 Å². The van der Waals surface area contributed by atoms with Gasteiger partial charge in [0.05, 0.1) is 17.6 Å². The number of pyridine rings is 1. The van der Waals surface area contributed by atoms with Crippen LogP contribution in [0.25, 0.3) is 11.3 Å². The fourth-order valence-electron chi connectivity index (χ4n) is 4.00. The maximum Gasteiger partial charge on any atom is 0.151 e. The minimum Gasteiger partial charge on any atom is -0.488 e. The zero-order valence-corrected chi connectivity index (χ0v) is 16.5. The van der Waals surface area contributed by atoms with Gasteiger partial charge in [0, 0.05) is 36.9 Å². The third-order valence-electron chi connectivity index (χ3n) is 5.43. The van der Waals surface area contributed by atoms with Crippen LogP contribution in [0.2, 0.25) is 0 Å². The molecule has 1 N–H and O–H groups in total. The van der Waals surface area contributed by atoms with Crippen molar-refractivity contribution in [3.63, 3.8) is 0 Å². The van der Waals surface area contributed by atoms with Crippen LogP contribution < -0.4 is 4.74 Å². The maximum atomic E-state index is 14.6. The topological polar surface area (TPSA) is 79.7 Å². The lowest BCUT2D eigenvalue weighted by Gasteiger charge is -2.30. The standard InChI is InChI=1S/C20H23FN2O4S/c1-28(25,26)12-13-2-3-16(17(21)8-13)18-9-15-10-19(27-20(15)11-22-18)14-4-6-23(24)7-5-14/h2-3,8-9,11,14,19,24H,4-7,10,12H2,1H3. The highest BCUT2D eigenvalue weighted by molar-refractivity contribution is 7.89. The summed E-state index contributed by atoms with van der Waals surface area (Å²) in [6.45, 7) is 1.30. The van der Waals surface area contributed by atoms with Crippen LogP contribution >= 0.6 is 0 Å². The predicted octanol–water partition coefficient (Wildman–Crippen LogP) is 2.84. The van der Waals surface area contributed by atoms with Crippen LogP contribution in [0.15, 0.2) is 30.5 Å². The molecule has 1 unspecified atom stereocenters. The summed E-state index contributed by atoms with van der Waals surface area (Å²) in [6.07, 6.45) is 5.33. The van der Waals surface area contributed by atoms with Gasteiger partial charge in [0.25, 0.3) is 0 Å². The Morgan fingerprint density at radius 3 is 2.71 bits per heavy atom. The second-order valence-electron chi connectivity index (χ2n) is 7.71. The molecule has 0 spiro atoms. The SMILES string of the molecule is CS(=O)(=O)Cc1ccc(-c2cc3c(cn2)OC(C2CCN(O)CC2)C3)c(F)c1. The summed E-state index contributed by atoms with van der Waals surface area (Å²) in [5.74, 6) is 0.434. The molecule has 0 aliphatic carbocycles. The van der Waals surface area contributed by atoms with Crippen molar-refractivity contribution < 1.29 is 22.8 Å².